The maximum atomic E-state index is 4.50. The van der Waals surface area contributed by atoms with Crippen molar-refractivity contribution in [2.45, 2.75) is 20.8 Å². The van der Waals surface area contributed by atoms with E-state index in [1.165, 1.54) is 22.3 Å². The van der Waals surface area contributed by atoms with Crippen molar-refractivity contribution < 1.29 is 0 Å². The van der Waals surface area contributed by atoms with E-state index in [-0.39, 0.29) is 0 Å². The maximum absolute atomic E-state index is 4.50. The maximum Gasteiger partial charge on any atom is 0.0876 e. The largest absolute Gasteiger partial charge is 0.321 e. The highest BCUT2D eigenvalue weighted by molar-refractivity contribution is 5.84. The Hall–Kier alpha value is -2.35. The Balaban J connectivity index is 2.30. The summed E-state index contributed by atoms with van der Waals surface area (Å²) in [5.41, 5.74) is 7.30. The quantitative estimate of drug-likeness (QED) is 0.769. The van der Waals surface area contributed by atoms with Crippen molar-refractivity contribution >= 4 is 11.9 Å². The number of aromatic nitrogens is 1. The lowest BCUT2D eigenvalue weighted by molar-refractivity contribution is 1.08. The van der Waals surface area contributed by atoms with Crippen LogP contribution in [0.5, 0.6) is 0 Å². The predicted octanol–water partition coefficient (Wildman–Crippen LogP) is 4.27. The number of hydrogen-bond acceptors (Lipinski definition) is 1. The average molecular weight is 262 g/mol. The summed E-state index contributed by atoms with van der Waals surface area (Å²) in [6.45, 7) is 6.48. The summed E-state index contributed by atoms with van der Waals surface area (Å²) < 4.78 is 2.15. The van der Waals surface area contributed by atoms with Gasteiger partial charge in [-0.15, -0.1) is 0 Å². The highest BCUT2D eigenvalue weighted by atomic mass is 15.0. The molecule has 0 bridgehead atoms. The van der Waals surface area contributed by atoms with Gasteiger partial charge in [0, 0.05) is 24.2 Å². The molecule has 0 saturated heterocycles. The molecule has 2 heteroatoms. The fourth-order valence-corrected chi connectivity index (χ4v) is 2.87. The summed E-state index contributed by atoms with van der Waals surface area (Å²) in [4.78, 5) is 4.50. The van der Waals surface area contributed by atoms with Crippen LogP contribution in [0.15, 0.2) is 59.5 Å². The summed E-state index contributed by atoms with van der Waals surface area (Å²) in [5.74, 6) is 0. The molecule has 100 valence electrons. The number of benzene rings is 1. The van der Waals surface area contributed by atoms with Gasteiger partial charge in [0.25, 0.3) is 0 Å². The zero-order chi connectivity index (χ0) is 14.1. The standard InChI is InChI=1S/C18H18N2/c1-13-11-14(2)17(15(3)12-13)18(16-7-6-8-19-16)20-9-4-5-10-20/h4-12H,1-3H3/b18-16+. The van der Waals surface area contributed by atoms with Crippen LogP contribution in [0.2, 0.25) is 0 Å². The molecule has 0 radical (unpaired) electrons. The van der Waals surface area contributed by atoms with Gasteiger partial charge in [-0.1, -0.05) is 17.7 Å². The van der Waals surface area contributed by atoms with E-state index < -0.39 is 0 Å². The Bertz CT molecular complexity index is 692. The third kappa shape index (κ3) is 2.14. The molecule has 20 heavy (non-hydrogen) atoms. The van der Waals surface area contributed by atoms with Crippen molar-refractivity contribution in [3.63, 3.8) is 0 Å². The summed E-state index contributed by atoms with van der Waals surface area (Å²) in [6, 6.07) is 8.55. The van der Waals surface area contributed by atoms with Crippen LogP contribution in [-0.2, 0) is 0 Å². The van der Waals surface area contributed by atoms with E-state index in [1.54, 1.807) is 0 Å². The van der Waals surface area contributed by atoms with E-state index in [4.69, 9.17) is 0 Å². The zero-order valence-corrected chi connectivity index (χ0v) is 12.1. The fraction of sp³-hybridized carbons (Fsp3) is 0.167. The summed E-state index contributed by atoms with van der Waals surface area (Å²) in [5, 5.41) is 0. The van der Waals surface area contributed by atoms with E-state index in [0.717, 1.165) is 11.4 Å². The Morgan fingerprint density at radius 2 is 1.65 bits per heavy atom. The molecule has 2 heterocycles. The minimum absolute atomic E-state index is 1.01. The van der Waals surface area contributed by atoms with Crippen LogP contribution in [0.1, 0.15) is 22.3 Å². The van der Waals surface area contributed by atoms with Crippen molar-refractivity contribution in [1.29, 1.82) is 0 Å². The molecule has 0 fully saturated rings. The summed E-state index contributed by atoms with van der Waals surface area (Å²) >= 11 is 0. The van der Waals surface area contributed by atoms with Gasteiger partial charge in [0.15, 0.2) is 0 Å². The first-order valence-electron chi connectivity index (χ1n) is 6.83. The third-order valence-corrected chi connectivity index (χ3v) is 3.57. The topological polar surface area (TPSA) is 17.3 Å². The molecular formula is C18H18N2. The van der Waals surface area contributed by atoms with Crippen molar-refractivity contribution in [3.05, 3.63) is 76.8 Å². The minimum atomic E-state index is 1.01. The average Bonchev–Trinajstić information content (AvgIpc) is 3.07. The normalized spacial score (nSPS) is 15.9. The molecule has 0 N–H and O–H groups in total. The lowest BCUT2D eigenvalue weighted by atomic mass is 9.96. The summed E-state index contributed by atoms with van der Waals surface area (Å²) in [6.07, 6.45) is 10.0. The van der Waals surface area contributed by atoms with Crippen molar-refractivity contribution in [2.75, 3.05) is 0 Å². The van der Waals surface area contributed by atoms with Crippen LogP contribution in [0.25, 0.3) is 5.70 Å². The van der Waals surface area contributed by atoms with Gasteiger partial charge in [0.2, 0.25) is 0 Å². The molecule has 0 saturated carbocycles. The molecular weight excluding hydrogens is 244 g/mol. The first kappa shape index (κ1) is 12.7. The second-order valence-corrected chi connectivity index (χ2v) is 5.24. The second-order valence-electron chi connectivity index (χ2n) is 5.24. The molecule has 2 nitrogen and oxygen atoms in total. The van der Waals surface area contributed by atoms with E-state index in [0.29, 0.717) is 0 Å². The molecule has 0 atom stereocenters. The van der Waals surface area contributed by atoms with E-state index in [1.807, 2.05) is 24.4 Å². The van der Waals surface area contributed by atoms with Crippen LogP contribution >= 0.6 is 0 Å². The Morgan fingerprint density at radius 1 is 1.00 bits per heavy atom. The predicted molar refractivity (Wildman–Crippen MR) is 85.0 cm³/mol. The number of nitrogens with zero attached hydrogens (tertiary/aromatic N) is 2. The van der Waals surface area contributed by atoms with Gasteiger partial charge in [-0.25, -0.2) is 0 Å². The molecule has 3 rings (SSSR count). The smallest absolute Gasteiger partial charge is 0.0876 e. The monoisotopic (exact) mass is 262 g/mol. The highest BCUT2D eigenvalue weighted by Crippen LogP contribution is 2.30. The highest BCUT2D eigenvalue weighted by Gasteiger charge is 2.15. The van der Waals surface area contributed by atoms with Crippen molar-refractivity contribution in [1.82, 2.24) is 4.57 Å². The van der Waals surface area contributed by atoms with E-state index in [9.17, 15) is 0 Å². The number of aliphatic imine (C=N–C) groups is 1. The van der Waals surface area contributed by atoms with Crippen LogP contribution < -0.4 is 0 Å². The number of aryl methyl sites for hydroxylation is 3. The fourth-order valence-electron chi connectivity index (χ4n) is 2.87. The number of hydrogen-bond donors (Lipinski definition) is 0. The van der Waals surface area contributed by atoms with Gasteiger partial charge < -0.3 is 4.57 Å². The van der Waals surface area contributed by atoms with Crippen LogP contribution in [0.4, 0.5) is 0 Å². The van der Waals surface area contributed by atoms with Gasteiger partial charge in [-0.2, -0.15) is 0 Å². The Morgan fingerprint density at radius 3 is 2.20 bits per heavy atom. The van der Waals surface area contributed by atoms with Crippen LogP contribution in [-0.4, -0.2) is 10.8 Å². The number of rotatable bonds is 2. The summed E-state index contributed by atoms with van der Waals surface area (Å²) in [7, 11) is 0. The minimum Gasteiger partial charge on any atom is -0.321 e. The van der Waals surface area contributed by atoms with Gasteiger partial charge >= 0.3 is 0 Å². The molecule has 1 aliphatic heterocycles. The molecule has 1 aromatic carbocycles. The molecule has 1 aromatic heterocycles. The molecule has 0 amide bonds. The molecule has 0 spiro atoms. The molecule has 0 aliphatic carbocycles. The van der Waals surface area contributed by atoms with E-state index >= 15 is 0 Å². The number of allylic oxidation sites excluding steroid dienone is 2. The SMILES string of the molecule is Cc1cc(C)c(/C(=C2/C=CC=N2)n2cccc2)c(C)c1. The van der Waals surface area contributed by atoms with Gasteiger partial charge in [-0.05, 0) is 56.2 Å². The third-order valence-electron chi connectivity index (χ3n) is 3.57. The Kier molecular flexibility index (Phi) is 3.15. The van der Waals surface area contributed by atoms with Crippen LogP contribution in [0.3, 0.4) is 0 Å². The first-order chi connectivity index (χ1) is 9.66. The van der Waals surface area contributed by atoms with Gasteiger partial charge in [0.05, 0.1) is 11.4 Å². The first-order valence-corrected chi connectivity index (χ1v) is 6.83. The molecule has 2 aromatic rings. The lowest BCUT2D eigenvalue weighted by Crippen LogP contribution is -2.03. The second kappa shape index (κ2) is 4.97. The van der Waals surface area contributed by atoms with Gasteiger partial charge in [-0.3, -0.25) is 4.99 Å². The van der Waals surface area contributed by atoms with E-state index in [2.05, 4.69) is 60.9 Å². The zero-order valence-electron chi connectivity index (χ0n) is 12.1. The Labute approximate surface area is 119 Å². The van der Waals surface area contributed by atoms with Crippen molar-refractivity contribution in [3.8, 4) is 0 Å². The molecule has 1 aliphatic rings. The molecule has 0 unspecified atom stereocenters. The van der Waals surface area contributed by atoms with Crippen LogP contribution in [0, 0.1) is 20.8 Å². The lowest BCUT2D eigenvalue weighted by Gasteiger charge is -2.17. The van der Waals surface area contributed by atoms with Crippen molar-refractivity contribution in [2.24, 2.45) is 4.99 Å². The van der Waals surface area contributed by atoms with Gasteiger partial charge in [0.1, 0.15) is 0 Å².